The lowest BCUT2D eigenvalue weighted by atomic mass is 10.2. The molecule has 0 radical (unpaired) electrons. The van der Waals surface area contributed by atoms with Crippen LogP contribution in [0.3, 0.4) is 0 Å². The molecular formula is C10H9F2NO6S. The number of carboxylic acid groups (broad SMARTS) is 1. The van der Waals surface area contributed by atoms with E-state index in [9.17, 15) is 26.8 Å². The fraction of sp³-hybridized carbons (Fsp3) is 0.200. The van der Waals surface area contributed by atoms with Crippen molar-refractivity contribution in [3.63, 3.8) is 0 Å². The van der Waals surface area contributed by atoms with E-state index >= 15 is 0 Å². The normalized spacial score (nSPS) is 10.9. The summed E-state index contributed by atoms with van der Waals surface area (Å²) in [6.45, 7) is 0. The molecule has 0 saturated carbocycles. The Kier molecular flexibility index (Phi) is 4.61. The number of nitrogens with one attached hydrogen (secondary N) is 1. The molecule has 0 aliphatic heterocycles. The van der Waals surface area contributed by atoms with E-state index in [0.717, 1.165) is 7.11 Å². The van der Waals surface area contributed by atoms with Crippen LogP contribution in [0.25, 0.3) is 0 Å². The highest BCUT2D eigenvalue weighted by molar-refractivity contribution is 7.93. The van der Waals surface area contributed by atoms with Crippen LogP contribution in [0.5, 0.6) is 0 Å². The van der Waals surface area contributed by atoms with Crippen LogP contribution in [0.15, 0.2) is 12.1 Å². The number of ether oxygens (including phenoxy) is 1. The summed E-state index contributed by atoms with van der Waals surface area (Å²) in [4.78, 5) is 21.5. The number of carbonyl (C=O) groups is 2. The molecule has 7 nitrogen and oxygen atoms in total. The van der Waals surface area contributed by atoms with Crippen molar-refractivity contribution >= 4 is 27.6 Å². The van der Waals surface area contributed by atoms with Crippen LogP contribution in [-0.2, 0) is 19.6 Å². The van der Waals surface area contributed by atoms with E-state index in [1.165, 1.54) is 0 Å². The third kappa shape index (κ3) is 3.88. The molecule has 110 valence electrons. The summed E-state index contributed by atoms with van der Waals surface area (Å²) in [6.07, 6.45) is 0. The second kappa shape index (κ2) is 5.82. The maximum atomic E-state index is 13.4. The van der Waals surface area contributed by atoms with Crippen molar-refractivity contribution in [2.24, 2.45) is 0 Å². The summed E-state index contributed by atoms with van der Waals surface area (Å²) in [5, 5.41) is 8.37. The Morgan fingerprint density at radius 3 is 2.40 bits per heavy atom. The SMILES string of the molecule is COC(=O)c1cc(NS(=O)(=O)CC(=O)O)c(F)cc1F. The fourth-order valence-electron chi connectivity index (χ4n) is 1.26. The second-order valence-electron chi connectivity index (χ2n) is 3.56. The third-order valence-electron chi connectivity index (χ3n) is 2.04. The minimum atomic E-state index is -4.38. The molecule has 0 fully saturated rings. The lowest BCUT2D eigenvalue weighted by Gasteiger charge is -2.09. The van der Waals surface area contributed by atoms with E-state index in [0.29, 0.717) is 6.07 Å². The Hall–Kier alpha value is -2.23. The highest BCUT2D eigenvalue weighted by atomic mass is 32.2. The Labute approximate surface area is 112 Å². The number of anilines is 1. The lowest BCUT2D eigenvalue weighted by molar-refractivity contribution is -0.134. The first-order chi connectivity index (χ1) is 9.16. The molecule has 0 amide bonds. The maximum absolute atomic E-state index is 13.4. The molecular weight excluding hydrogens is 300 g/mol. The molecule has 2 N–H and O–H groups in total. The first-order valence-corrected chi connectivity index (χ1v) is 6.61. The number of rotatable bonds is 5. The van der Waals surface area contributed by atoms with Crippen LogP contribution in [0.4, 0.5) is 14.5 Å². The average molecular weight is 309 g/mol. The van der Waals surface area contributed by atoms with Crippen molar-refractivity contribution in [3.8, 4) is 0 Å². The Morgan fingerprint density at radius 1 is 1.30 bits per heavy atom. The smallest absolute Gasteiger partial charge is 0.340 e. The second-order valence-corrected chi connectivity index (χ2v) is 5.28. The summed E-state index contributed by atoms with van der Waals surface area (Å²) >= 11 is 0. The summed E-state index contributed by atoms with van der Waals surface area (Å²) < 4.78 is 55.2. The molecule has 0 aliphatic rings. The van der Waals surface area contributed by atoms with E-state index in [4.69, 9.17) is 5.11 Å². The van der Waals surface area contributed by atoms with Crippen molar-refractivity contribution in [2.75, 3.05) is 17.6 Å². The number of methoxy groups -OCH3 is 1. The molecule has 10 heteroatoms. The summed E-state index contributed by atoms with van der Waals surface area (Å²) in [6, 6.07) is 0.862. The van der Waals surface area contributed by atoms with Crippen LogP contribution in [0, 0.1) is 11.6 Å². The van der Waals surface area contributed by atoms with Crippen LogP contribution >= 0.6 is 0 Å². The van der Waals surface area contributed by atoms with Gasteiger partial charge in [0.2, 0.25) is 10.0 Å². The third-order valence-corrected chi connectivity index (χ3v) is 3.20. The fourth-order valence-corrected chi connectivity index (χ4v) is 2.15. The minimum absolute atomic E-state index is 0.283. The van der Waals surface area contributed by atoms with Gasteiger partial charge in [-0.1, -0.05) is 0 Å². The number of hydrogen-bond acceptors (Lipinski definition) is 5. The zero-order valence-corrected chi connectivity index (χ0v) is 10.8. The summed E-state index contributed by atoms with van der Waals surface area (Å²) in [5.41, 5.74) is -1.45. The van der Waals surface area contributed by atoms with Gasteiger partial charge in [0.25, 0.3) is 0 Å². The Balaban J connectivity index is 3.19. The molecule has 0 heterocycles. The predicted molar refractivity (Wildman–Crippen MR) is 62.7 cm³/mol. The van der Waals surface area contributed by atoms with Gasteiger partial charge in [-0.05, 0) is 6.07 Å². The van der Waals surface area contributed by atoms with Crippen molar-refractivity contribution in [1.29, 1.82) is 0 Å². The van der Waals surface area contributed by atoms with E-state index in [1.807, 2.05) is 0 Å². The molecule has 20 heavy (non-hydrogen) atoms. The van der Waals surface area contributed by atoms with Gasteiger partial charge in [0, 0.05) is 6.07 Å². The number of hydrogen-bond donors (Lipinski definition) is 2. The van der Waals surface area contributed by atoms with Gasteiger partial charge in [0.05, 0.1) is 18.4 Å². The lowest BCUT2D eigenvalue weighted by Crippen LogP contribution is -2.23. The summed E-state index contributed by atoms with van der Waals surface area (Å²) in [7, 11) is -3.42. The number of halogens is 2. The van der Waals surface area contributed by atoms with Gasteiger partial charge in [0.15, 0.2) is 5.75 Å². The average Bonchev–Trinajstić information content (AvgIpc) is 2.29. The standard InChI is InChI=1S/C10H9F2NO6S/c1-19-10(16)5-2-8(7(12)3-6(5)11)13-20(17,18)4-9(14)15/h2-3,13H,4H2,1H3,(H,14,15). The van der Waals surface area contributed by atoms with E-state index < -0.39 is 50.6 Å². The van der Waals surface area contributed by atoms with Gasteiger partial charge in [-0.2, -0.15) is 0 Å². The van der Waals surface area contributed by atoms with Gasteiger partial charge in [0.1, 0.15) is 11.6 Å². The Morgan fingerprint density at radius 2 is 1.90 bits per heavy atom. The van der Waals surface area contributed by atoms with Crippen molar-refractivity contribution in [2.45, 2.75) is 0 Å². The molecule has 0 spiro atoms. The van der Waals surface area contributed by atoms with Gasteiger partial charge < -0.3 is 9.84 Å². The molecule has 1 rings (SSSR count). The largest absolute Gasteiger partial charge is 0.480 e. The van der Waals surface area contributed by atoms with Crippen molar-refractivity contribution in [3.05, 3.63) is 29.3 Å². The van der Waals surface area contributed by atoms with Crippen molar-refractivity contribution in [1.82, 2.24) is 0 Å². The van der Waals surface area contributed by atoms with Crippen LogP contribution in [-0.4, -0.2) is 38.3 Å². The van der Waals surface area contributed by atoms with Crippen LogP contribution < -0.4 is 4.72 Å². The molecule has 1 aromatic rings. The topological polar surface area (TPSA) is 110 Å². The number of carboxylic acids is 1. The molecule has 0 saturated heterocycles. The van der Waals surface area contributed by atoms with Crippen LogP contribution in [0.1, 0.15) is 10.4 Å². The first kappa shape index (κ1) is 15.8. The summed E-state index contributed by atoms with van der Waals surface area (Å²) in [5.74, 6) is -6.65. The van der Waals surface area contributed by atoms with E-state index in [-0.39, 0.29) is 6.07 Å². The number of esters is 1. The van der Waals surface area contributed by atoms with Crippen LogP contribution in [0.2, 0.25) is 0 Å². The first-order valence-electron chi connectivity index (χ1n) is 4.96. The quantitative estimate of drug-likeness (QED) is 0.770. The molecule has 0 atom stereocenters. The van der Waals surface area contributed by atoms with E-state index in [1.54, 1.807) is 4.72 Å². The Bertz CT molecular complexity index is 658. The molecule has 0 aliphatic carbocycles. The zero-order chi connectivity index (χ0) is 15.5. The molecule has 0 bridgehead atoms. The van der Waals surface area contributed by atoms with Gasteiger partial charge in [-0.15, -0.1) is 0 Å². The highest BCUT2D eigenvalue weighted by Crippen LogP contribution is 2.21. The molecule has 1 aromatic carbocycles. The predicted octanol–water partition coefficient (Wildman–Crippen LogP) is 0.578. The molecule has 0 unspecified atom stereocenters. The van der Waals surface area contributed by atoms with Gasteiger partial charge >= 0.3 is 11.9 Å². The highest BCUT2D eigenvalue weighted by Gasteiger charge is 2.21. The van der Waals surface area contributed by atoms with Crippen molar-refractivity contribution < 1.29 is 36.6 Å². The van der Waals surface area contributed by atoms with Gasteiger partial charge in [-0.3, -0.25) is 9.52 Å². The maximum Gasteiger partial charge on any atom is 0.340 e. The molecule has 0 aromatic heterocycles. The number of sulfonamides is 1. The van der Waals surface area contributed by atoms with Gasteiger partial charge in [-0.25, -0.2) is 22.0 Å². The zero-order valence-electron chi connectivity index (χ0n) is 10.0. The number of benzene rings is 1. The minimum Gasteiger partial charge on any atom is -0.480 e. The monoisotopic (exact) mass is 309 g/mol. The van der Waals surface area contributed by atoms with E-state index in [2.05, 4.69) is 4.74 Å². The number of carbonyl (C=O) groups excluding carboxylic acids is 1. The number of aliphatic carboxylic acids is 1.